The van der Waals surface area contributed by atoms with E-state index in [2.05, 4.69) is 41.4 Å². The average Bonchev–Trinajstić information content (AvgIpc) is 2.89. The molecule has 25 heavy (non-hydrogen) atoms. The third-order valence-corrected chi connectivity index (χ3v) is 4.76. The number of aliphatic imine (C=N–C) groups is 1. The third kappa shape index (κ3) is 6.02. The van der Waals surface area contributed by atoms with E-state index < -0.39 is 0 Å². The highest BCUT2D eigenvalue weighted by molar-refractivity contribution is 5.73. The van der Waals surface area contributed by atoms with Gasteiger partial charge in [-0.2, -0.15) is 0 Å². The van der Waals surface area contributed by atoms with Crippen molar-refractivity contribution in [1.29, 1.82) is 0 Å². The van der Waals surface area contributed by atoms with Gasteiger partial charge in [0.25, 0.3) is 0 Å². The van der Waals surface area contributed by atoms with Crippen LogP contribution in [0.15, 0.2) is 17.5 Å². The molecule has 0 saturated heterocycles. The quantitative estimate of drug-likeness (QED) is 0.611. The van der Waals surface area contributed by atoms with E-state index in [0.29, 0.717) is 19.5 Å². The van der Waals surface area contributed by atoms with Crippen molar-refractivity contribution in [2.24, 2.45) is 22.9 Å². The smallest absolute Gasteiger partial charge is 0.314 e. The van der Waals surface area contributed by atoms with Crippen LogP contribution in [0.3, 0.4) is 0 Å². The Morgan fingerprint density at radius 1 is 1.40 bits per heavy atom. The predicted octanol–water partition coefficient (Wildman–Crippen LogP) is 2.18. The van der Waals surface area contributed by atoms with Gasteiger partial charge in [0.05, 0.1) is 18.1 Å². The number of hydrogen-bond acceptors (Lipinski definition) is 4. The van der Waals surface area contributed by atoms with Gasteiger partial charge in [-0.1, -0.05) is 20.8 Å². The topological polar surface area (TPSA) is 88.4 Å². The lowest BCUT2D eigenvalue weighted by Crippen LogP contribution is -2.47. The molecule has 1 aromatic rings. The molecule has 0 spiro atoms. The van der Waals surface area contributed by atoms with Crippen molar-refractivity contribution in [3.63, 3.8) is 0 Å². The Labute approximate surface area is 149 Å². The summed E-state index contributed by atoms with van der Waals surface area (Å²) in [7, 11) is 1.92. The van der Waals surface area contributed by atoms with Gasteiger partial charge < -0.3 is 15.2 Å². The van der Waals surface area contributed by atoms with Gasteiger partial charge in [0.15, 0.2) is 0 Å². The molecule has 7 heteroatoms. The van der Waals surface area contributed by atoms with Crippen molar-refractivity contribution in [3.8, 4) is 0 Å². The summed E-state index contributed by atoms with van der Waals surface area (Å²) >= 11 is 0. The standard InChI is InChI=1S/C18H29N5O2/c1-17(2)7-15(22-13-24)8-18(3,10-17)11-20-16(25)19-6-5-14-9-23(4)12-21-14/h9,12,15H,5-8,10-11H2,1-4H3,(H2,19,20,25). The number of imidazole rings is 1. The molecule has 1 fully saturated rings. The van der Waals surface area contributed by atoms with Gasteiger partial charge in [-0.15, -0.1) is 0 Å². The van der Waals surface area contributed by atoms with Gasteiger partial charge in [0, 0.05) is 32.8 Å². The molecule has 2 unspecified atom stereocenters. The van der Waals surface area contributed by atoms with Crippen LogP contribution in [0.1, 0.15) is 45.7 Å². The Kier molecular flexibility index (Phi) is 6.01. The first-order valence-electron chi connectivity index (χ1n) is 8.77. The minimum absolute atomic E-state index is 0.0136. The van der Waals surface area contributed by atoms with E-state index in [-0.39, 0.29) is 22.9 Å². The predicted molar refractivity (Wildman–Crippen MR) is 96.0 cm³/mol. The lowest BCUT2D eigenvalue weighted by atomic mass is 9.63. The van der Waals surface area contributed by atoms with E-state index in [1.54, 1.807) is 12.4 Å². The minimum Gasteiger partial charge on any atom is -0.340 e. The molecule has 1 saturated carbocycles. The average molecular weight is 347 g/mol. The zero-order chi connectivity index (χ0) is 18.5. The van der Waals surface area contributed by atoms with Crippen LogP contribution >= 0.6 is 0 Å². The largest absolute Gasteiger partial charge is 0.340 e. The number of aryl methyl sites for hydroxylation is 1. The van der Waals surface area contributed by atoms with Gasteiger partial charge in [-0.05, 0) is 30.1 Å². The van der Waals surface area contributed by atoms with Crippen molar-refractivity contribution < 1.29 is 9.59 Å². The molecule has 1 aliphatic rings. The van der Waals surface area contributed by atoms with Crippen molar-refractivity contribution in [2.75, 3.05) is 13.1 Å². The van der Waals surface area contributed by atoms with Gasteiger partial charge in [-0.3, -0.25) is 0 Å². The lowest BCUT2D eigenvalue weighted by molar-refractivity contribution is 0.0850. The highest BCUT2D eigenvalue weighted by Gasteiger charge is 2.41. The number of hydrogen-bond donors (Lipinski definition) is 2. The van der Waals surface area contributed by atoms with Crippen molar-refractivity contribution in [1.82, 2.24) is 20.2 Å². The van der Waals surface area contributed by atoms with Crippen LogP contribution in [-0.4, -0.2) is 40.8 Å². The number of aromatic nitrogens is 2. The first-order valence-corrected chi connectivity index (χ1v) is 8.77. The van der Waals surface area contributed by atoms with Crippen LogP contribution in [0.5, 0.6) is 0 Å². The summed E-state index contributed by atoms with van der Waals surface area (Å²) in [5, 5.41) is 5.84. The monoisotopic (exact) mass is 347 g/mol. The number of nitrogens with one attached hydrogen (secondary N) is 2. The molecule has 0 radical (unpaired) electrons. The summed E-state index contributed by atoms with van der Waals surface area (Å²) in [5.41, 5.74) is 0.971. The number of amides is 2. The third-order valence-electron chi connectivity index (χ3n) is 4.76. The fourth-order valence-electron chi connectivity index (χ4n) is 4.14. The summed E-state index contributed by atoms with van der Waals surface area (Å²) in [4.78, 5) is 30.9. The van der Waals surface area contributed by atoms with E-state index in [1.807, 2.05) is 17.8 Å². The Hall–Kier alpha value is -2.14. The zero-order valence-corrected chi connectivity index (χ0v) is 15.6. The maximum absolute atomic E-state index is 12.1. The molecule has 1 aromatic heterocycles. The molecule has 1 aliphatic carbocycles. The minimum atomic E-state index is -0.170. The van der Waals surface area contributed by atoms with Crippen LogP contribution in [0, 0.1) is 10.8 Å². The van der Waals surface area contributed by atoms with E-state index in [0.717, 1.165) is 25.0 Å². The molecule has 0 aliphatic heterocycles. The second-order valence-corrected chi connectivity index (χ2v) is 8.32. The Bertz CT molecular complexity index is 648. The van der Waals surface area contributed by atoms with Crippen molar-refractivity contribution >= 4 is 12.1 Å². The zero-order valence-electron chi connectivity index (χ0n) is 15.6. The number of isocyanates is 1. The summed E-state index contributed by atoms with van der Waals surface area (Å²) in [6.07, 6.45) is 8.75. The van der Waals surface area contributed by atoms with Crippen LogP contribution in [0.2, 0.25) is 0 Å². The fourth-order valence-corrected chi connectivity index (χ4v) is 4.14. The fraction of sp³-hybridized carbons (Fsp3) is 0.722. The molecule has 2 rings (SSSR count). The van der Waals surface area contributed by atoms with E-state index in [9.17, 15) is 9.59 Å². The Morgan fingerprint density at radius 2 is 2.16 bits per heavy atom. The normalized spacial score (nSPS) is 25.0. The number of rotatable bonds is 6. The van der Waals surface area contributed by atoms with E-state index >= 15 is 0 Å². The van der Waals surface area contributed by atoms with E-state index in [1.165, 1.54) is 0 Å². The molecule has 1 heterocycles. The van der Waals surface area contributed by atoms with Gasteiger partial charge >= 0.3 is 6.03 Å². The van der Waals surface area contributed by atoms with Gasteiger partial charge in [-0.25, -0.2) is 19.6 Å². The molecule has 0 aromatic carbocycles. The molecule has 138 valence electrons. The van der Waals surface area contributed by atoms with Gasteiger partial charge in [0.1, 0.15) is 0 Å². The van der Waals surface area contributed by atoms with Crippen LogP contribution < -0.4 is 10.6 Å². The molecule has 2 amide bonds. The second kappa shape index (κ2) is 7.83. The second-order valence-electron chi connectivity index (χ2n) is 8.32. The molecular weight excluding hydrogens is 318 g/mol. The lowest BCUT2D eigenvalue weighted by Gasteiger charge is -2.45. The maximum Gasteiger partial charge on any atom is 0.314 e. The molecule has 0 bridgehead atoms. The maximum atomic E-state index is 12.1. The van der Waals surface area contributed by atoms with Crippen LogP contribution in [-0.2, 0) is 18.3 Å². The first kappa shape index (κ1) is 19.2. The molecular formula is C18H29N5O2. The number of urea groups is 1. The number of nitrogens with zero attached hydrogens (tertiary/aromatic N) is 3. The highest BCUT2D eigenvalue weighted by Crippen LogP contribution is 2.46. The summed E-state index contributed by atoms with van der Waals surface area (Å²) in [6.45, 7) is 7.63. The Balaban J connectivity index is 1.79. The number of carbonyl (C=O) groups excluding carboxylic acids is 2. The molecule has 7 nitrogen and oxygen atoms in total. The first-order chi connectivity index (χ1) is 11.7. The van der Waals surface area contributed by atoms with E-state index in [4.69, 9.17) is 0 Å². The molecule has 2 N–H and O–H groups in total. The SMILES string of the molecule is Cn1cnc(CCNC(=O)NCC2(C)CC(N=C=O)CC(C)(C)C2)c1. The van der Waals surface area contributed by atoms with Crippen LogP contribution in [0.25, 0.3) is 0 Å². The molecule has 2 atom stereocenters. The highest BCUT2D eigenvalue weighted by atomic mass is 16.2. The summed E-state index contributed by atoms with van der Waals surface area (Å²) in [5.74, 6) is 0. The number of carbonyl (C=O) groups is 1. The van der Waals surface area contributed by atoms with Gasteiger partial charge in [0.2, 0.25) is 6.08 Å². The van der Waals surface area contributed by atoms with Crippen molar-refractivity contribution in [2.45, 2.75) is 52.5 Å². The Morgan fingerprint density at radius 3 is 2.80 bits per heavy atom. The van der Waals surface area contributed by atoms with Crippen molar-refractivity contribution in [3.05, 3.63) is 18.2 Å². The summed E-state index contributed by atoms with van der Waals surface area (Å²) < 4.78 is 1.89. The van der Waals surface area contributed by atoms with Crippen LogP contribution in [0.4, 0.5) is 4.79 Å². The summed E-state index contributed by atoms with van der Waals surface area (Å²) in [6, 6.07) is -0.184.